The van der Waals surface area contributed by atoms with E-state index in [1.165, 1.54) is 72.8 Å². The summed E-state index contributed by atoms with van der Waals surface area (Å²) in [5.74, 6) is -0.186. The second-order valence-corrected chi connectivity index (χ2v) is 22.9. The van der Waals surface area contributed by atoms with E-state index in [0.717, 1.165) is 0 Å². The lowest BCUT2D eigenvalue weighted by molar-refractivity contribution is -0.277. The molecule has 0 saturated carbocycles. The zero-order valence-corrected chi connectivity index (χ0v) is 48.4. The monoisotopic (exact) mass is 1320 g/mol. The van der Waals surface area contributed by atoms with Crippen LogP contribution in [0.25, 0.3) is 78.7 Å². The van der Waals surface area contributed by atoms with Gasteiger partial charge in [0.2, 0.25) is 18.9 Å². The van der Waals surface area contributed by atoms with Gasteiger partial charge in [-0.1, -0.05) is 36.4 Å². The van der Waals surface area contributed by atoms with E-state index in [1.54, 1.807) is 36.4 Å². The molecule has 0 spiro atoms. The summed E-state index contributed by atoms with van der Waals surface area (Å²) < 4.78 is 124. The molecule has 16 N–H and O–H groups in total. The first kappa shape index (κ1) is 66.1. The van der Waals surface area contributed by atoms with E-state index in [-0.39, 0.29) is 84.6 Å². The largest absolute Gasteiger partial charge is 0.462 e. The van der Waals surface area contributed by atoms with Crippen molar-refractivity contribution in [2.75, 3.05) is 19.8 Å². The first-order chi connectivity index (χ1) is 44.7. The molecular formula is C64H60F6N4O20. The number of hydrogen-bond donors (Lipinski definition) is 16. The lowest BCUT2D eigenvalue weighted by atomic mass is 9.95. The Labute approximate surface area is 526 Å². The van der Waals surface area contributed by atoms with Crippen molar-refractivity contribution in [1.29, 1.82) is 0 Å². The van der Waals surface area contributed by atoms with Crippen molar-refractivity contribution < 1.29 is 126 Å². The molecule has 17 atom stereocenters. The second-order valence-electron chi connectivity index (χ2n) is 22.9. The Balaban J connectivity index is 1.15. The number of rotatable bonds is 13. The van der Waals surface area contributed by atoms with E-state index in [4.69, 9.17) is 38.4 Å². The molecule has 0 aliphatic carbocycles. The summed E-state index contributed by atoms with van der Waals surface area (Å²) in [7, 11) is 0. The number of aromatic nitrogens is 4. The van der Waals surface area contributed by atoms with Gasteiger partial charge in [0.25, 0.3) is 0 Å². The molecule has 5 aliphatic rings. The predicted molar refractivity (Wildman–Crippen MR) is 315 cm³/mol. The summed E-state index contributed by atoms with van der Waals surface area (Å²) in [5, 5.41) is 151. The highest BCUT2D eigenvalue weighted by Crippen LogP contribution is 2.48. The van der Waals surface area contributed by atoms with Crippen LogP contribution < -0.4 is 14.2 Å². The summed E-state index contributed by atoms with van der Waals surface area (Å²) in [4.78, 5) is 16.3. The highest BCUT2D eigenvalue weighted by atomic mass is 19.4. The molecule has 24 nitrogen and oxygen atoms in total. The average Bonchev–Trinajstić information content (AvgIpc) is 1.60. The lowest BCUT2D eigenvalue weighted by Crippen LogP contribution is -2.60. The molecule has 7 aromatic rings. The van der Waals surface area contributed by atoms with Crippen LogP contribution in [0.2, 0.25) is 0 Å². The van der Waals surface area contributed by atoms with E-state index in [1.807, 2.05) is 0 Å². The van der Waals surface area contributed by atoms with Crippen molar-refractivity contribution in [2.45, 2.75) is 117 Å². The van der Waals surface area contributed by atoms with Gasteiger partial charge >= 0.3 is 12.4 Å². The van der Waals surface area contributed by atoms with E-state index in [2.05, 4.69) is 9.97 Å². The number of ether oxygens (including phenoxy) is 6. The first-order valence-electron chi connectivity index (χ1n) is 29.1. The molecular weight excluding hydrogens is 1260 g/mol. The Kier molecular flexibility index (Phi) is 18.3. The van der Waals surface area contributed by atoms with Gasteiger partial charge in [-0.25, -0.2) is 4.98 Å². The van der Waals surface area contributed by atoms with Gasteiger partial charge in [-0.05, 0) is 113 Å². The zero-order valence-electron chi connectivity index (χ0n) is 48.4. The zero-order chi connectivity index (χ0) is 67.0. The number of nitrogens with one attached hydrogen (secondary N) is 2. The van der Waals surface area contributed by atoms with Crippen LogP contribution in [-0.2, 0) is 26.6 Å². The lowest BCUT2D eigenvalue weighted by Gasteiger charge is -2.39. The molecule has 30 heteroatoms. The topological polar surface area (TPSA) is 396 Å². The SMILES string of the molecule is OCC1O[C@@H](Oc2cccc(-c3c4nc(c(-c5cccc(O[C@@H]6OC(CO)[C@@H](O)[C@H](O)C6O)c5)c5ccc([nH]5)c(-c5cc(C(F)(F)F)cc(C(F)(F)F)c5)c5nc(c(-c6cccc(O[C@@H]7OC(CO)[C@@H](O)[C@H](O)C7O)c6)c6ccc3[nH]6)[C@@H](O)[C@H]5O)C=C4)c2)C(O)[C@@H](O)[C@@H]1O. The fourth-order valence-corrected chi connectivity index (χ4v) is 11.9. The van der Waals surface area contributed by atoms with E-state index in [0.29, 0.717) is 17.7 Å². The number of nitrogens with zero attached hydrogens (tertiary/aromatic N) is 2. The quantitative estimate of drug-likeness (QED) is 0.0735. The fraction of sp³-hybridized carbons (Fsp3) is 0.344. The maximum Gasteiger partial charge on any atom is 0.416 e. The molecule has 6 unspecified atom stereocenters. The molecule has 8 bridgehead atoms. The molecule has 12 rings (SSSR count). The van der Waals surface area contributed by atoms with Crippen LogP contribution in [0.5, 0.6) is 17.2 Å². The van der Waals surface area contributed by atoms with Gasteiger partial charge in [-0.2, -0.15) is 26.3 Å². The Morgan fingerprint density at radius 3 is 1.02 bits per heavy atom. The molecule has 0 amide bonds. The van der Waals surface area contributed by atoms with Crippen LogP contribution in [0, 0.1) is 0 Å². The summed E-state index contributed by atoms with van der Waals surface area (Å²) in [6.45, 7) is -2.37. The number of alkyl halides is 6. The van der Waals surface area contributed by atoms with Gasteiger partial charge in [0.05, 0.1) is 53.7 Å². The molecule has 5 aliphatic heterocycles. The maximum atomic E-state index is 14.9. The highest BCUT2D eigenvalue weighted by Gasteiger charge is 2.48. The average molecular weight is 1320 g/mol. The van der Waals surface area contributed by atoms with Gasteiger partial charge in [0.1, 0.15) is 103 Å². The summed E-state index contributed by atoms with van der Waals surface area (Å²) in [5.41, 5.74) is -4.79. The van der Waals surface area contributed by atoms with Gasteiger partial charge in [0.15, 0.2) is 0 Å². The molecule has 4 aromatic carbocycles. The smallest absolute Gasteiger partial charge is 0.416 e. The molecule has 3 fully saturated rings. The number of aliphatic hydroxyl groups is 14. The Bertz CT molecular complexity index is 4130. The van der Waals surface area contributed by atoms with Crippen LogP contribution in [0.15, 0.2) is 115 Å². The number of fused-ring (bicyclic) bond motifs is 8. The van der Waals surface area contributed by atoms with Crippen LogP contribution in [0.4, 0.5) is 26.3 Å². The normalized spacial score (nSPS) is 28.9. The molecule has 94 heavy (non-hydrogen) atoms. The Morgan fingerprint density at radius 1 is 0.372 bits per heavy atom. The van der Waals surface area contributed by atoms with Crippen molar-refractivity contribution in [3.05, 3.63) is 149 Å². The first-order valence-corrected chi connectivity index (χ1v) is 29.1. The third-order valence-electron chi connectivity index (χ3n) is 16.8. The molecule has 498 valence electrons. The van der Waals surface area contributed by atoms with Crippen LogP contribution in [0.3, 0.4) is 0 Å². The van der Waals surface area contributed by atoms with Crippen molar-refractivity contribution in [3.63, 3.8) is 0 Å². The van der Waals surface area contributed by atoms with Crippen LogP contribution in [-0.4, -0.2) is 203 Å². The maximum absolute atomic E-state index is 14.9. The minimum absolute atomic E-state index is 0.00143. The summed E-state index contributed by atoms with van der Waals surface area (Å²) >= 11 is 0. The van der Waals surface area contributed by atoms with E-state index < -0.39 is 170 Å². The van der Waals surface area contributed by atoms with E-state index in [9.17, 15) is 97.8 Å². The van der Waals surface area contributed by atoms with Gasteiger partial charge in [0, 0.05) is 44.3 Å². The third kappa shape index (κ3) is 12.5. The minimum atomic E-state index is -5.39. The van der Waals surface area contributed by atoms with Gasteiger partial charge in [-0.15, -0.1) is 0 Å². The van der Waals surface area contributed by atoms with Crippen molar-refractivity contribution in [3.8, 4) is 61.8 Å². The second kappa shape index (κ2) is 26.0. The van der Waals surface area contributed by atoms with Crippen molar-refractivity contribution in [2.24, 2.45) is 0 Å². The number of hydrogen-bond acceptors (Lipinski definition) is 22. The summed E-state index contributed by atoms with van der Waals surface area (Å²) in [6, 6.07) is 24.1. The Hall–Kier alpha value is -7.96. The molecule has 3 saturated heterocycles. The number of halogens is 6. The Morgan fingerprint density at radius 2 is 0.691 bits per heavy atom. The van der Waals surface area contributed by atoms with E-state index >= 15 is 0 Å². The standard InChI is InChI=1S/C64H60F6N4O20/c65-63(66,67)29-16-28(17-30(21-29)64(68,69)70)46-39-15-13-37(73-39)44(26-5-2-8-32(19-26)90-61-58(87)55(84)50(79)41(23-76)93-61)35-11-10-34(71-35)43(25-4-1-7-31(18-25)89-60-57(86)54(83)49(78)40(22-75)92-60)36-12-14-38(72-36)45(47-52(81)53(82)48(46)74-47)27-6-3-9-33(20-27)91-62-59(88)56(85)51(80)42(24-77)94-62/h1-21,40-42,49-62,72-73,75-88H,22-24H2/t40?,41?,42?,49-,50-,51-,52-,53+,54+,55+,56+,57?,58?,59?,60-,61-,62-/m1/s1. The molecule has 3 aromatic heterocycles. The highest BCUT2D eigenvalue weighted by molar-refractivity contribution is 5.98. The van der Waals surface area contributed by atoms with Crippen molar-refractivity contribution in [1.82, 2.24) is 19.9 Å². The number of H-pyrrole nitrogens is 2. The van der Waals surface area contributed by atoms with Crippen LogP contribution >= 0.6 is 0 Å². The number of aromatic amines is 2. The van der Waals surface area contributed by atoms with Gasteiger partial charge < -0.3 is 110 Å². The third-order valence-corrected chi connectivity index (χ3v) is 16.8. The molecule has 0 radical (unpaired) electrons. The molecule has 8 heterocycles. The van der Waals surface area contributed by atoms with Gasteiger partial charge in [-0.3, -0.25) is 4.98 Å². The number of aliphatic hydroxyl groups excluding tert-OH is 14. The predicted octanol–water partition coefficient (Wildman–Crippen LogP) is 3.49. The number of benzene rings is 4. The summed E-state index contributed by atoms with van der Waals surface area (Å²) in [6.07, 6.45) is -37.6. The minimum Gasteiger partial charge on any atom is -0.462 e. The van der Waals surface area contributed by atoms with Crippen LogP contribution in [0.1, 0.15) is 46.1 Å². The van der Waals surface area contributed by atoms with Crippen molar-refractivity contribution >= 4 is 34.2 Å². The fourth-order valence-electron chi connectivity index (χ4n) is 11.9.